The predicted octanol–water partition coefficient (Wildman–Crippen LogP) is 2.68. The number of aryl methyl sites for hydroxylation is 2. The lowest BCUT2D eigenvalue weighted by atomic mass is 9.91. The van der Waals surface area contributed by atoms with Crippen LogP contribution in [0.3, 0.4) is 0 Å². The van der Waals surface area contributed by atoms with Crippen molar-refractivity contribution in [1.29, 1.82) is 0 Å². The average molecular weight is 328 g/mol. The van der Waals surface area contributed by atoms with Gasteiger partial charge in [-0.2, -0.15) is 0 Å². The Morgan fingerprint density at radius 2 is 2.29 bits per heavy atom. The number of piperidine rings is 1. The molecule has 1 aliphatic heterocycles. The average Bonchev–Trinajstić information content (AvgIpc) is 2.94. The van der Waals surface area contributed by atoms with Crippen LogP contribution in [0.1, 0.15) is 41.3 Å². The van der Waals surface area contributed by atoms with Crippen molar-refractivity contribution in [3.8, 4) is 0 Å². The minimum atomic E-state index is 0.150. The number of amides is 1. The molecule has 2 aromatic rings. The topological polar surface area (TPSA) is 71.3 Å². The first-order valence-corrected chi connectivity index (χ1v) is 8.41. The Morgan fingerprint density at radius 1 is 1.46 bits per heavy atom. The SMILES string of the molecule is CNc1cc(C2CCCN(C(=O)Cc3c(C)noc3C)C2)ccn1. The van der Waals surface area contributed by atoms with Gasteiger partial charge in [-0.3, -0.25) is 4.79 Å². The Labute approximate surface area is 142 Å². The Balaban J connectivity index is 1.69. The quantitative estimate of drug-likeness (QED) is 0.934. The summed E-state index contributed by atoms with van der Waals surface area (Å²) in [5, 5.41) is 7.01. The number of aromatic nitrogens is 2. The van der Waals surface area contributed by atoms with Crippen LogP contribution in [0.4, 0.5) is 5.82 Å². The van der Waals surface area contributed by atoms with Gasteiger partial charge in [0.05, 0.1) is 12.1 Å². The molecule has 0 aromatic carbocycles. The fourth-order valence-electron chi connectivity index (χ4n) is 3.33. The summed E-state index contributed by atoms with van der Waals surface area (Å²) in [4.78, 5) is 18.9. The minimum absolute atomic E-state index is 0.150. The number of hydrogen-bond donors (Lipinski definition) is 1. The van der Waals surface area contributed by atoms with Gasteiger partial charge in [-0.25, -0.2) is 4.98 Å². The first-order valence-electron chi connectivity index (χ1n) is 8.41. The van der Waals surface area contributed by atoms with E-state index in [-0.39, 0.29) is 5.91 Å². The summed E-state index contributed by atoms with van der Waals surface area (Å²) in [7, 11) is 1.87. The van der Waals surface area contributed by atoms with Gasteiger partial charge in [-0.15, -0.1) is 0 Å². The molecule has 3 rings (SSSR count). The highest BCUT2D eigenvalue weighted by Crippen LogP contribution is 2.28. The van der Waals surface area contributed by atoms with Gasteiger partial charge < -0.3 is 14.7 Å². The van der Waals surface area contributed by atoms with Crippen molar-refractivity contribution in [2.75, 3.05) is 25.5 Å². The van der Waals surface area contributed by atoms with E-state index in [9.17, 15) is 4.79 Å². The largest absolute Gasteiger partial charge is 0.373 e. The van der Waals surface area contributed by atoms with Crippen LogP contribution in [0, 0.1) is 13.8 Å². The number of rotatable bonds is 4. The van der Waals surface area contributed by atoms with Gasteiger partial charge in [-0.05, 0) is 44.4 Å². The van der Waals surface area contributed by atoms with Crippen LogP contribution >= 0.6 is 0 Å². The standard InChI is InChI=1S/C18H24N4O2/c1-12-16(13(2)24-21-12)10-18(23)22-8-4-5-15(11-22)14-6-7-20-17(9-14)19-3/h6-7,9,15H,4-5,8,10-11H2,1-3H3,(H,19,20). The van der Waals surface area contributed by atoms with E-state index in [1.807, 2.05) is 38.1 Å². The van der Waals surface area contributed by atoms with Crippen molar-refractivity contribution in [2.45, 2.75) is 39.0 Å². The normalized spacial score (nSPS) is 17.8. The van der Waals surface area contributed by atoms with Crippen LogP contribution in [0.15, 0.2) is 22.9 Å². The Hall–Kier alpha value is -2.37. The molecule has 0 aliphatic carbocycles. The van der Waals surface area contributed by atoms with Crippen LogP contribution in [-0.2, 0) is 11.2 Å². The first-order chi connectivity index (χ1) is 11.6. The molecule has 1 unspecified atom stereocenters. The third kappa shape index (κ3) is 3.42. The van der Waals surface area contributed by atoms with Gasteiger partial charge in [-0.1, -0.05) is 5.16 Å². The number of carbonyl (C=O) groups is 1. The van der Waals surface area contributed by atoms with Crippen LogP contribution in [0.5, 0.6) is 0 Å². The van der Waals surface area contributed by atoms with Gasteiger partial charge in [0.15, 0.2) is 0 Å². The summed E-state index contributed by atoms with van der Waals surface area (Å²) < 4.78 is 5.16. The molecule has 128 valence electrons. The minimum Gasteiger partial charge on any atom is -0.373 e. The second-order valence-electron chi connectivity index (χ2n) is 6.38. The Kier molecular flexibility index (Phi) is 4.83. The number of carbonyl (C=O) groups excluding carboxylic acids is 1. The van der Waals surface area contributed by atoms with E-state index >= 15 is 0 Å². The highest BCUT2D eigenvalue weighted by Gasteiger charge is 2.26. The summed E-state index contributed by atoms with van der Waals surface area (Å²) in [6.07, 6.45) is 4.31. The van der Waals surface area contributed by atoms with Crippen molar-refractivity contribution in [3.05, 3.63) is 40.9 Å². The molecule has 6 heteroatoms. The van der Waals surface area contributed by atoms with Crippen molar-refractivity contribution in [1.82, 2.24) is 15.0 Å². The van der Waals surface area contributed by atoms with E-state index in [2.05, 4.69) is 21.5 Å². The molecule has 0 bridgehead atoms. The van der Waals surface area contributed by atoms with E-state index in [4.69, 9.17) is 4.52 Å². The van der Waals surface area contributed by atoms with Crippen LogP contribution in [0.25, 0.3) is 0 Å². The summed E-state index contributed by atoms with van der Waals surface area (Å²) in [5.74, 6) is 2.12. The molecule has 1 N–H and O–H groups in total. The zero-order valence-corrected chi connectivity index (χ0v) is 14.5. The van der Waals surface area contributed by atoms with E-state index in [0.29, 0.717) is 12.3 Å². The van der Waals surface area contributed by atoms with Crippen LogP contribution in [0.2, 0.25) is 0 Å². The Morgan fingerprint density at radius 3 is 3.00 bits per heavy atom. The maximum absolute atomic E-state index is 12.7. The van der Waals surface area contributed by atoms with E-state index in [0.717, 1.165) is 48.8 Å². The van der Waals surface area contributed by atoms with E-state index in [1.54, 1.807) is 0 Å². The number of pyridine rings is 1. The van der Waals surface area contributed by atoms with Gasteiger partial charge in [0.25, 0.3) is 0 Å². The fraction of sp³-hybridized carbons (Fsp3) is 0.500. The summed E-state index contributed by atoms with van der Waals surface area (Å²) >= 11 is 0. The number of nitrogens with one attached hydrogen (secondary N) is 1. The lowest BCUT2D eigenvalue weighted by Crippen LogP contribution is -2.40. The molecular formula is C18H24N4O2. The van der Waals surface area contributed by atoms with Crippen molar-refractivity contribution in [2.24, 2.45) is 0 Å². The molecule has 6 nitrogen and oxygen atoms in total. The molecule has 24 heavy (non-hydrogen) atoms. The second kappa shape index (κ2) is 7.03. The number of likely N-dealkylation sites (tertiary alicyclic amines) is 1. The van der Waals surface area contributed by atoms with Crippen molar-refractivity contribution in [3.63, 3.8) is 0 Å². The van der Waals surface area contributed by atoms with E-state index < -0.39 is 0 Å². The monoisotopic (exact) mass is 328 g/mol. The lowest BCUT2D eigenvalue weighted by Gasteiger charge is -2.33. The van der Waals surface area contributed by atoms with Gasteiger partial charge in [0.2, 0.25) is 5.91 Å². The van der Waals surface area contributed by atoms with Gasteiger partial charge >= 0.3 is 0 Å². The van der Waals surface area contributed by atoms with Crippen LogP contribution < -0.4 is 5.32 Å². The van der Waals surface area contributed by atoms with Gasteiger partial charge in [0, 0.05) is 37.8 Å². The van der Waals surface area contributed by atoms with E-state index in [1.165, 1.54) is 5.56 Å². The van der Waals surface area contributed by atoms with Crippen molar-refractivity contribution >= 4 is 11.7 Å². The molecule has 0 spiro atoms. The highest BCUT2D eigenvalue weighted by atomic mass is 16.5. The Bertz CT molecular complexity index is 706. The molecule has 1 aliphatic rings. The highest BCUT2D eigenvalue weighted by molar-refractivity contribution is 5.79. The molecule has 0 radical (unpaired) electrons. The maximum Gasteiger partial charge on any atom is 0.227 e. The third-order valence-corrected chi connectivity index (χ3v) is 4.79. The predicted molar refractivity (Wildman–Crippen MR) is 92.0 cm³/mol. The third-order valence-electron chi connectivity index (χ3n) is 4.79. The molecule has 1 fully saturated rings. The summed E-state index contributed by atoms with van der Waals surface area (Å²) in [6.45, 7) is 5.32. The zero-order valence-electron chi connectivity index (χ0n) is 14.5. The molecule has 1 atom stereocenters. The number of nitrogens with zero attached hydrogens (tertiary/aromatic N) is 3. The lowest BCUT2D eigenvalue weighted by molar-refractivity contribution is -0.131. The van der Waals surface area contributed by atoms with Crippen molar-refractivity contribution < 1.29 is 9.32 Å². The molecule has 1 saturated heterocycles. The summed E-state index contributed by atoms with van der Waals surface area (Å²) in [5.41, 5.74) is 2.97. The second-order valence-corrected chi connectivity index (χ2v) is 6.38. The first kappa shape index (κ1) is 16.5. The molecule has 1 amide bonds. The van der Waals surface area contributed by atoms with Crippen LogP contribution in [-0.4, -0.2) is 41.1 Å². The maximum atomic E-state index is 12.7. The smallest absolute Gasteiger partial charge is 0.227 e. The molecule has 0 saturated carbocycles. The fourth-order valence-corrected chi connectivity index (χ4v) is 3.33. The summed E-state index contributed by atoms with van der Waals surface area (Å²) in [6, 6.07) is 4.13. The molecule has 2 aromatic heterocycles. The molecular weight excluding hydrogens is 304 g/mol. The number of hydrogen-bond acceptors (Lipinski definition) is 5. The zero-order chi connectivity index (χ0) is 17.1. The number of anilines is 1. The van der Waals surface area contributed by atoms with Gasteiger partial charge in [0.1, 0.15) is 11.6 Å². The molecule has 3 heterocycles.